The van der Waals surface area contributed by atoms with Crippen molar-refractivity contribution in [1.29, 1.82) is 0 Å². The molecule has 0 radical (unpaired) electrons. The van der Waals surface area contributed by atoms with Crippen LogP contribution in [0.3, 0.4) is 0 Å². The number of primary amides is 1. The minimum absolute atomic E-state index is 0.00629. The van der Waals surface area contributed by atoms with Crippen LogP contribution in [-0.2, 0) is 16.1 Å². The van der Waals surface area contributed by atoms with Gasteiger partial charge in [0, 0.05) is 24.5 Å². The Morgan fingerprint density at radius 3 is 2.78 bits per heavy atom. The molecule has 1 unspecified atom stereocenters. The number of nitrogens with two attached hydrogens (primary N) is 1. The highest BCUT2D eigenvalue weighted by atomic mass is 19.4. The van der Waals surface area contributed by atoms with Gasteiger partial charge in [-0.2, -0.15) is 18.3 Å². The summed E-state index contributed by atoms with van der Waals surface area (Å²) in [6, 6.07) is 1.93. The number of nitrogens with one attached hydrogen (secondary N) is 2. The summed E-state index contributed by atoms with van der Waals surface area (Å²) in [6.07, 6.45) is 0.650. The fraction of sp³-hybridized carbons (Fsp3) is 0.421. The highest BCUT2D eigenvalue weighted by Gasteiger charge is 2.30. The molecule has 10 nitrogen and oxygen atoms in total. The van der Waals surface area contributed by atoms with Crippen LogP contribution in [0.1, 0.15) is 28.9 Å². The average molecular weight is 451 g/mol. The summed E-state index contributed by atoms with van der Waals surface area (Å²) >= 11 is 0. The zero-order valence-electron chi connectivity index (χ0n) is 16.7. The number of hydrogen-bond donors (Lipinski definition) is 3. The van der Waals surface area contributed by atoms with E-state index in [1.165, 1.54) is 18.3 Å². The van der Waals surface area contributed by atoms with Crippen LogP contribution in [0.2, 0.25) is 0 Å². The Morgan fingerprint density at radius 2 is 2.09 bits per heavy atom. The molecule has 2 amide bonds. The molecule has 32 heavy (non-hydrogen) atoms. The SMILES string of the molecule is NC(=O)c1nn(CC2CC2)cc1NC(=O)C1COC(c2ccnc(NCC(F)(F)F)c2)=N1. The van der Waals surface area contributed by atoms with Gasteiger partial charge in [0.2, 0.25) is 5.90 Å². The van der Waals surface area contributed by atoms with Crippen LogP contribution in [0.4, 0.5) is 24.7 Å². The molecule has 1 aliphatic heterocycles. The second kappa shape index (κ2) is 8.48. The zero-order valence-corrected chi connectivity index (χ0v) is 16.7. The van der Waals surface area contributed by atoms with Gasteiger partial charge in [-0.25, -0.2) is 9.98 Å². The number of hydrogen-bond acceptors (Lipinski definition) is 7. The van der Waals surface area contributed by atoms with Crippen molar-refractivity contribution in [3.63, 3.8) is 0 Å². The van der Waals surface area contributed by atoms with Gasteiger partial charge in [-0.15, -0.1) is 0 Å². The molecule has 1 atom stereocenters. The van der Waals surface area contributed by atoms with Gasteiger partial charge in [-0.05, 0) is 30.9 Å². The molecule has 2 aromatic heterocycles. The quantitative estimate of drug-likeness (QED) is 0.557. The number of rotatable bonds is 8. The predicted octanol–water partition coefficient (Wildman–Crippen LogP) is 1.55. The Bertz CT molecular complexity index is 1060. The number of aliphatic imine (C=N–C) groups is 1. The lowest BCUT2D eigenvalue weighted by molar-refractivity contribution is -0.117. The molecule has 1 aliphatic carbocycles. The molecule has 1 saturated carbocycles. The minimum atomic E-state index is -4.39. The molecule has 0 saturated heterocycles. The van der Waals surface area contributed by atoms with Crippen molar-refractivity contribution in [2.75, 3.05) is 23.8 Å². The maximum Gasteiger partial charge on any atom is 0.405 e. The largest absolute Gasteiger partial charge is 0.475 e. The van der Waals surface area contributed by atoms with E-state index in [9.17, 15) is 22.8 Å². The number of ether oxygens (including phenoxy) is 1. The van der Waals surface area contributed by atoms with Gasteiger partial charge in [-0.1, -0.05) is 0 Å². The van der Waals surface area contributed by atoms with Crippen LogP contribution in [0.5, 0.6) is 0 Å². The molecule has 1 fully saturated rings. The Morgan fingerprint density at radius 1 is 1.31 bits per heavy atom. The lowest BCUT2D eigenvalue weighted by Gasteiger charge is -2.09. The number of halogens is 3. The summed E-state index contributed by atoms with van der Waals surface area (Å²) in [5.41, 5.74) is 5.88. The second-order valence-corrected chi connectivity index (χ2v) is 7.57. The van der Waals surface area contributed by atoms with Gasteiger partial charge in [0.25, 0.3) is 11.8 Å². The van der Waals surface area contributed by atoms with Crippen LogP contribution in [0.25, 0.3) is 0 Å². The first-order chi connectivity index (χ1) is 15.2. The maximum absolute atomic E-state index is 12.7. The molecule has 0 aromatic carbocycles. The van der Waals surface area contributed by atoms with E-state index in [-0.39, 0.29) is 29.7 Å². The monoisotopic (exact) mass is 451 g/mol. The summed E-state index contributed by atoms with van der Waals surface area (Å²) in [6.45, 7) is -0.674. The third-order valence-electron chi connectivity index (χ3n) is 4.83. The smallest absolute Gasteiger partial charge is 0.405 e. The number of aromatic nitrogens is 3. The summed E-state index contributed by atoms with van der Waals surface area (Å²) < 4.78 is 44.2. The van der Waals surface area contributed by atoms with E-state index >= 15 is 0 Å². The van der Waals surface area contributed by atoms with Gasteiger partial charge >= 0.3 is 6.18 Å². The van der Waals surface area contributed by atoms with Gasteiger partial charge in [0.1, 0.15) is 19.0 Å². The molecule has 0 bridgehead atoms. The summed E-state index contributed by atoms with van der Waals surface area (Å²) in [5.74, 6) is -0.698. The fourth-order valence-electron chi connectivity index (χ4n) is 3.09. The molecular formula is C19H20F3N7O3. The topological polar surface area (TPSA) is 137 Å². The summed E-state index contributed by atoms with van der Waals surface area (Å²) in [7, 11) is 0. The fourth-order valence-corrected chi connectivity index (χ4v) is 3.09. The van der Waals surface area contributed by atoms with E-state index in [4.69, 9.17) is 10.5 Å². The number of carbonyl (C=O) groups excluding carboxylic acids is 2. The number of amides is 2. The number of alkyl halides is 3. The third-order valence-corrected chi connectivity index (χ3v) is 4.83. The molecule has 3 heterocycles. The van der Waals surface area contributed by atoms with Gasteiger partial charge in [-0.3, -0.25) is 14.3 Å². The van der Waals surface area contributed by atoms with Crippen LogP contribution in [0.15, 0.2) is 29.5 Å². The van der Waals surface area contributed by atoms with Gasteiger partial charge < -0.3 is 21.1 Å². The highest BCUT2D eigenvalue weighted by Crippen LogP contribution is 2.31. The van der Waals surface area contributed by atoms with Crippen LogP contribution >= 0.6 is 0 Å². The van der Waals surface area contributed by atoms with Crippen LogP contribution in [0, 0.1) is 5.92 Å². The lowest BCUT2D eigenvalue weighted by atomic mass is 10.2. The Labute approximate surface area is 180 Å². The van der Waals surface area contributed by atoms with Crippen molar-refractivity contribution >= 4 is 29.2 Å². The van der Waals surface area contributed by atoms with E-state index < -0.39 is 30.6 Å². The van der Waals surface area contributed by atoms with E-state index in [2.05, 4.69) is 25.7 Å². The Balaban J connectivity index is 1.44. The van der Waals surface area contributed by atoms with E-state index in [0.717, 1.165) is 12.8 Å². The van der Waals surface area contributed by atoms with Gasteiger partial charge in [0.15, 0.2) is 11.7 Å². The van der Waals surface area contributed by atoms with Crippen molar-refractivity contribution in [2.45, 2.75) is 31.6 Å². The van der Waals surface area contributed by atoms with Crippen molar-refractivity contribution in [3.05, 3.63) is 35.8 Å². The molecule has 170 valence electrons. The number of carbonyl (C=O) groups is 2. The first-order valence-electron chi connectivity index (χ1n) is 9.84. The number of anilines is 2. The lowest BCUT2D eigenvalue weighted by Crippen LogP contribution is -2.28. The minimum Gasteiger partial charge on any atom is -0.475 e. The standard InChI is InChI=1S/C19H20F3N7O3/c20-19(21,22)9-25-14-5-11(3-4-24-14)18-27-13(8-32-18)17(31)26-12-7-29(6-10-1-2-10)28-15(12)16(23)30/h3-5,7,10,13H,1-2,6,8-9H2,(H2,23,30)(H,24,25)(H,26,31). The summed E-state index contributed by atoms with van der Waals surface area (Å²) in [4.78, 5) is 32.4. The second-order valence-electron chi connectivity index (χ2n) is 7.57. The molecule has 2 aromatic rings. The molecule has 13 heteroatoms. The average Bonchev–Trinajstić information content (AvgIpc) is 3.24. The molecule has 2 aliphatic rings. The van der Waals surface area contributed by atoms with Crippen molar-refractivity contribution < 1.29 is 27.5 Å². The normalized spacial score (nSPS) is 18.1. The first kappa shape index (κ1) is 21.6. The van der Waals surface area contributed by atoms with E-state index in [0.29, 0.717) is 18.0 Å². The Hall–Kier alpha value is -3.64. The van der Waals surface area contributed by atoms with Crippen molar-refractivity contribution in [2.24, 2.45) is 16.6 Å². The van der Waals surface area contributed by atoms with E-state index in [1.54, 1.807) is 10.9 Å². The van der Waals surface area contributed by atoms with Crippen LogP contribution in [-0.4, -0.2) is 57.8 Å². The first-order valence-corrected chi connectivity index (χ1v) is 9.84. The highest BCUT2D eigenvalue weighted by molar-refractivity contribution is 6.05. The number of pyridine rings is 1. The predicted molar refractivity (Wildman–Crippen MR) is 107 cm³/mol. The zero-order chi connectivity index (χ0) is 22.9. The Kier molecular flexibility index (Phi) is 5.72. The van der Waals surface area contributed by atoms with E-state index in [1.807, 2.05) is 0 Å². The van der Waals surface area contributed by atoms with Crippen molar-refractivity contribution in [3.8, 4) is 0 Å². The molecule has 0 spiro atoms. The maximum atomic E-state index is 12.7. The molecule has 4 N–H and O–H groups in total. The molecular weight excluding hydrogens is 431 g/mol. The molecule has 4 rings (SSSR count). The van der Waals surface area contributed by atoms with Crippen LogP contribution < -0.4 is 16.4 Å². The van der Waals surface area contributed by atoms with Crippen molar-refractivity contribution in [1.82, 2.24) is 14.8 Å². The third kappa shape index (κ3) is 5.34. The number of nitrogens with zero attached hydrogens (tertiary/aromatic N) is 4. The van der Waals surface area contributed by atoms with Gasteiger partial charge in [0.05, 0.1) is 5.69 Å². The summed E-state index contributed by atoms with van der Waals surface area (Å²) in [5, 5.41) is 8.92.